The van der Waals surface area contributed by atoms with E-state index >= 15 is 0 Å². The first-order valence-corrected chi connectivity index (χ1v) is 8.15. The summed E-state index contributed by atoms with van der Waals surface area (Å²) in [7, 11) is 0. The summed E-state index contributed by atoms with van der Waals surface area (Å²) in [5, 5.41) is 12.1. The van der Waals surface area contributed by atoms with Gasteiger partial charge in [-0.25, -0.2) is 0 Å². The largest absolute Gasteiger partial charge is 0.385 e. The molecule has 4 rings (SSSR count). The first kappa shape index (κ1) is 14.4. The van der Waals surface area contributed by atoms with Crippen LogP contribution in [-0.4, -0.2) is 33.1 Å². The van der Waals surface area contributed by atoms with Crippen LogP contribution in [0.15, 0.2) is 54.9 Å². The lowest BCUT2D eigenvalue weighted by atomic mass is 9.85. The molecule has 1 saturated heterocycles. The van der Waals surface area contributed by atoms with Gasteiger partial charge in [0.15, 0.2) is 0 Å². The molecule has 3 heterocycles. The van der Waals surface area contributed by atoms with Gasteiger partial charge in [-0.1, -0.05) is 18.2 Å². The van der Waals surface area contributed by atoms with Crippen molar-refractivity contribution in [2.45, 2.75) is 25.0 Å². The molecule has 2 N–H and O–H groups in total. The van der Waals surface area contributed by atoms with Crippen molar-refractivity contribution in [3.63, 3.8) is 0 Å². The van der Waals surface area contributed by atoms with Crippen molar-refractivity contribution in [1.29, 1.82) is 0 Å². The zero-order valence-electron chi connectivity index (χ0n) is 13.1. The highest BCUT2D eigenvalue weighted by atomic mass is 16.3. The molecule has 3 aromatic rings. The second kappa shape index (κ2) is 5.80. The quantitative estimate of drug-likeness (QED) is 0.782. The minimum Gasteiger partial charge on any atom is -0.385 e. The highest BCUT2D eigenvalue weighted by molar-refractivity contribution is 5.80. The van der Waals surface area contributed by atoms with E-state index in [4.69, 9.17) is 0 Å². The summed E-state index contributed by atoms with van der Waals surface area (Å²) >= 11 is 0. The minimum absolute atomic E-state index is 0.708. The molecule has 4 nitrogen and oxygen atoms in total. The lowest BCUT2D eigenvalue weighted by Crippen LogP contribution is -2.42. The van der Waals surface area contributed by atoms with Crippen molar-refractivity contribution in [2.75, 3.05) is 13.1 Å². The van der Waals surface area contributed by atoms with Gasteiger partial charge in [0.2, 0.25) is 0 Å². The fraction of sp³-hybridized carbons (Fsp3) is 0.316. The molecule has 1 fully saturated rings. The number of benzene rings is 1. The maximum absolute atomic E-state index is 10.9. The Bertz CT molecular complexity index is 755. The minimum atomic E-state index is -0.708. The van der Waals surface area contributed by atoms with Crippen LogP contribution in [0.1, 0.15) is 24.1 Å². The van der Waals surface area contributed by atoms with Crippen LogP contribution in [0, 0.1) is 0 Å². The number of aliphatic hydroxyl groups is 1. The lowest BCUT2D eigenvalue weighted by molar-refractivity contribution is -0.0280. The Hall–Kier alpha value is -2.17. The Kier molecular flexibility index (Phi) is 3.63. The first-order valence-electron chi connectivity index (χ1n) is 8.15. The predicted octanol–water partition coefficient (Wildman–Crippen LogP) is 3.05. The van der Waals surface area contributed by atoms with Gasteiger partial charge in [0.05, 0.1) is 5.60 Å². The summed E-state index contributed by atoms with van der Waals surface area (Å²) in [4.78, 5) is 9.92. The molecule has 0 atom stereocenters. The Morgan fingerprint density at radius 3 is 2.57 bits per heavy atom. The van der Waals surface area contributed by atoms with Crippen molar-refractivity contribution in [3.05, 3.63) is 66.1 Å². The zero-order valence-corrected chi connectivity index (χ0v) is 13.1. The van der Waals surface area contributed by atoms with Gasteiger partial charge >= 0.3 is 0 Å². The van der Waals surface area contributed by atoms with E-state index in [1.165, 1.54) is 16.6 Å². The molecule has 1 aromatic carbocycles. The average Bonchev–Trinajstić information content (AvgIpc) is 3.00. The van der Waals surface area contributed by atoms with E-state index in [-0.39, 0.29) is 0 Å². The van der Waals surface area contributed by atoms with Crippen LogP contribution in [0.3, 0.4) is 0 Å². The summed E-state index contributed by atoms with van der Waals surface area (Å²) in [6.45, 7) is 2.70. The van der Waals surface area contributed by atoms with Gasteiger partial charge < -0.3 is 10.1 Å². The van der Waals surface area contributed by atoms with Crippen molar-refractivity contribution in [1.82, 2.24) is 14.9 Å². The van der Waals surface area contributed by atoms with Crippen LogP contribution in [0.4, 0.5) is 0 Å². The number of hydrogen-bond donors (Lipinski definition) is 2. The second-order valence-corrected chi connectivity index (χ2v) is 6.43. The van der Waals surface area contributed by atoms with Crippen molar-refractivity contribution in [3.8, 4) is 0 Å². The normalized spacial score (nSPS) is 18.3. The standard InChI is InChI=1S/C19H21N3O/c23-19(16-5-9-20-10-6-16)7-11-22(12-8-19)14-17-13-15-3-1-2-4-18(15)21-17/h1-6,9-10,13,21,23H,7-8,11-12,14H2. The van der Waals surface area contributed by atoms with Gasteiger partial charge in [-0.3, -0.25) is 9.88 Å². The predicted molar refractivity (Wildman–Crippen MR) is 90.9 cm³/mol. The smallest absolute Gasteiger partial charge is 0.0922 e. The monoisotopic (exact) mass is 307 g/mol. The molecule has 4 heteroatoms. The van der Waals surface area contributed by atoms with E-state index in [9.17, 15) is 5.11 Å². The van der Waals surface area contributed by atoms with E-state index in [0.717, 1.165) is 38.0 Å². The highest BCUT2D eigenvalue weighted by Gasteiger charge is 2.33. The summed E-state index contributed by atoms with van der Waals surface area (Å²) in [5.74, 6) is 0. The van der Waals surface area contributed by atoms with E-state index < -0.39 is 5.60 Å². The molecule has 1 aliphatic rings. The van der Waals surface area contributed by atoms with Crippen molar-refractivity contribution < 1.29 is 5.11 Å². The summed E-state index contributed by atoms with van der Waals surface area (Å²) < 4.78 is 0. The molecule has 2 aromatic heterocycles. The SMILES string of the molecule is OC1(c2ccncc2)CCN(Cc2cc3ccccc3[nH]2)CC1. The van der Waals surface area contributed by atoms with Crippen LogP contribution < -0.4 is 0 Å². The Labute approximate surface area is 135 Å². The molecule has 23 heavy (non-hydrogen) atoms. The Balaban J connectivity index is 1.43. The molecule has 0 amide bonds. The molecule has 0 aliphatic carbocycles. The molecule has 0 radical (unpaired) electrons. The van der Waals surface area contributed by atoms with Crippen LogP contribution in [0.5, 0.6) is 0 Å². The number of pyridine rings is 1. The molecule has 118 valence electrons. The maximum atomic E-state index is 10.9. The molecular formula is C19H21N3O. The van der Waals surface area contributed by atoms with E-state index in [1.54, 1.807) is 12.4 Å². The topological polar surface area (TPSA) is 52.2 Å². The third kappa shape index (κ3) is 2.87. The summed E-state index contributed by atoms with van der Waals surface area (Å²) in [6.07, 6.45) is 5.03. The Morgan fingerprint density at radius 1 is 1.09 bits per heavy atom. The summed E-state index contributed by atoms with van der Waals surface area (Å²) in [5.41, 5.74) is 2.70. The molecular weight excluding hydrogens is 286 g/mol. The number of rotatable bonds is 3. The van der Waals surface area contributed by atoms with Crippen molar-refractivity contribution in [2.24, 2.45) is 0 Å². The van der Waals surface area contributed by atoms with Crippen LogP contribution in [-0.2, 0) is 12.1 Å². The lowest BCUT2D eigenvalue weighted by Gasteiger charge is -2.38. The number of para-hydroxylation sites is 1. The number of piperidine rings is 1. The fourth-order valence-corrected chi connectivity index (χ4v) is 3.49. The number of fused-ring (bicyclic) bond motifs is 1. The number of nitrogens with zero attached hydrogens (tertiary/aromatic N) is 2. The number of aromatic nitrogens is 2. The Morgan fingerprint density at radius 2 is 1.83 bits per heavy atom. The zero-order chi connectivity index (χ0) is 15.7. The van der Waals surface area contributed by atoms with E-state index in [2.05, 4.69) is 45.2 Å². The van der Waals surface area contributed by atoms with Gasteiger partial charge in [-0.05, 0) is 48.1 Å². The number of nitrogens with one attached hydrogen (secondary N) is 1. The number of likely N-dealkylation sites (tertiary alicyclic amines) is 1. The van der Waals surface area contributed by atoms with Gasteiger partial charge in [0.25, 0.3) is 0 Å². The molecule has 0 saturated carbocycles. The van der Waals surface area contributed by atoms with Gasteiger partial charge in [0.1, 0.15) is 0 Å². The highest BCUT2D eigenvalue weighted by Crippen LogP contribution is 2.32. The van der Waals surface area contributed by atoms with Crippen molar-refractivity contribution >= 4 is 10.9 Å². The van der Waals surface area contributed by atoms with Crippen LogP contribution >= 0.6 is 0 Å². The number of aromatic amines is 1. The third-order valence-electron chi connectivity index (χ3n) is 4.88. The second-order valence-electron chi connectivity index (χ2n) is 6.43. The van der Waals surface area contributed by atoms with Gasteiger partial charge in [-0.2, -0.15) is 0 Å². The third-order valence-corrected chi connectivity index (χ3v) is 4.88. The van der Waals surface area contributed by atoms with Gasteiger partial charge in [-0.15, -0.1) is 0 Å². The van der Waals surface area contributed by atoms with Crippen LogP contribution in [0.2, 0.25) is 0 Å². The average molecular weight is 307 g/mol. The first-order chi connectivity index (χ1) is 11.2. The van der Waals surface area contributed by atoms with E-state index in [0.29, 0.717) is 0 Å². The van der Waals surface area contributed by atoms with Crippen LogP contribution in [0.25, 0.3) is 10.9 Å². The van der Waals surface area contributed by atoms with Gasteiger partial charge in [0, 0.05) is 43.2 Å². The molecule has 0 bridgehead atoms. The molecule has 0 unspecified atom stereocenters. The van der Waals surface area contributed by atoms with E-state index in [1.807, 2.05) is 12.1 Å². The summed E-state index contributed by atoms with van der Waals surface area (Å²) in [6, 6.07) is 14.4. The maximum Gasteiger partial charge on any atom is 0.0922 e. The molecule has 0 spiro atoms. The molecule has 1 aliphatic heterocycles. The number of hydrogen-bond acceptors (Lipinski definition) is 3. The number of H-pyrrole nitrogens is 1. The fourth-order valence-electron chi connectivity index (χ4n) is 3.49.